The van der Waals surface area contributed by atoms with E-state index in [1.165, 1.54) is 12.1 Å². The minimum atomic E-state index is -0.713. The van der Waals surface area contributed by atoms with Gasteiger partial charge in [-0.1, -0.05) is 54.1 Å². The highest BCUT2D eigenvalue weighted by Crippen LogP contribution is 2.31. The van der Waals surface area contributed by atoms with Crippen LogP contribution in [0.4, 0.5) is 8.78 Å². The van der Waals surface area contributed by atoms with E-state index >= 15 is 0 Å². The number of carbonyl (C=O) groups is 1. The molecule has 0 saturated carbocycles. The van der Waals surface area contributed by atoms with Gasteiger partial charge in [0.25, 0.3) is 5.91 Å². The summed E-state index contributed by atoms with van der Waals surface area (Å²) in [6.07, 6.45) is 0.697. The van der Waals surface area contributed by atoms with Gasteiger partial charge in [-0.2, -0.15) is 0 Å². The molecule has 0 unspecified atom stereocenters. The lowest BCUT2D eigenvalue weighted by molar-refractivity contribution is 0.0953. The van der Waals surface area contributed by atoms with Gasteiger partial charge < -0.3 is 9.88 Å². The summed E-state index contributed by atoms with van der Waals surface area (Å²) in [4.78, 5) is 13.0. The van der Waals surface area contributed by atoms with Gasteiger partial charge in [-0.25, -0.2) is 8.78 Å². The molecule has 0 atom stereocenters. The summed E-state index contributed by atoms with van der Waals surface area (Å²) in [5.74, 6) is -1.63. The van der Waals surface area contributed by atoms with E-state index in [0.717, 1.165) is 17.2 Å². The summed E-state index contributed by atoms with van der Waals surface area (Å²) < 4.78 is 29.8. The predicted octanol–water partition coefficient (Wildman–Crippen LogP) is 6.36. The van der Waals surface area contributed by atoms with Gasteiger partial charge in [-0.05, 0) is 54.8 Å². The molecular weight excluding hydrogens is 430 g/mol. The van der Waals surface area contributed by atoms with E-state index < -0.39 is 11.6 Å². The molecule has 0 bridgehead atoms. The number of halogens is 3. The Balaban J connectivity index is 1.70. The molecule has 0 fully saturated rings. The van der Waals surface area contributed by atoms with E-state index in [9.17, 15) is 13.6 Å². The zero-order chi connectivity index (χ0) is 22.7. The Bertz CT molecular complexity index is 1250. The molecule has 1 N–H and O–H groups in total. The maximum absolute atomic E-state index is 14.7. The van der Waals surface area contributed by atoms with Crippen LogP contribution in [0.3, 0.4) is 0 Å². The van der Waals surface area contributed by atoms with Crippen molar-refractivity contribution in [1.29, 1.82) is 0 Å². The first-order chi connectivity index (χ1) is 15.4. The molecule has 3 nitrogen and oxygen atoms in total. The smallest absolute Gasteiger partial charge is 0.253 e. The van der Waals surface area contributed by atoms with Crippen molar-refractivity contribution < 1.29 is 13.6 Å². The molecule has 0 aliphatic carbocycles. The molecule has 162 valence electrons. The van der Waals surface area contributed by atoms with E-state index in [4.69, 9.17) is 11.6 Å². The molecule has 32 heavy (non-hydrogen) atoms. The Labute approximate surface area is 190 Å². The number of aromatic nitrogens is 1. The van der Waals surface area contributed by atoms with Crippen LogP contribution < -0.4 is 5.32 Å². The van der Waals surface area contributed by atoms with Crippen molar-refractivity contribution in [1.82, 2.24) is 9.88 Å². The number of nitrogens with one attached hydrogen (secondary N) is 1. The zero-order valence-electron chi connectivity index (χ0n) is 17.4. The second kappa shape index (κ2) is 9.37. The molecule has 0 aliphatic rings. The van der Waals surface area contributed by atoms with Crippen molar-refractivity contribution in [3.8, 4) is 16.9 Å². The lowest BCUT2D eigenvalue weighted by Crippen LogP contribution is -2.26. The Morgan fingerprint density at radius 1 is 0.969 bits per heavy atom. The van der Waals surface area contributed by atoms with E-state index in [0.29, 0.717) is 34.9 Å². The van der Waals surface area contributed by atoms with E-state index in [1.54, 1.807) is 41.8 Å². The Morgan fingerprint density at radius 3 is 2.38 bits per heavy atom. The lowest BCUT2D eigenvalue weighted by atomic mass is 10.1. The standard InChI is InChI=1S/C26H21ClF2N2O/c1-17-22(26(32)30-14-13-18-5-3-2-4-6-18)16-25(19-7-9-20(27)10-8-19)31(17)24-12-11-21(28)15-23(24)29/h2-12,15-16H,13-14H2,1H3,(H,30,32). The summed E-state index contributed by atoms with van der Waals surface area (Å²) in [6.45, 7) is 2.21. The lowest BCUT2D eigenvalue weighted by Gasteiger charge is -2.13. The normalized spacial score (nSPS) is 10.9. The van der Waals surface area contributed by atoms with Crippen molar-refractivity contribution in [2.45, 2.75) is 13.3 Å². The van der Waals surface area contributed by atoms with Crippen molar-refractivity contribution in [3.05, 3.63) is 112 Å². The van der Waals surface area contributed by atoms with Crippen molar-refractivity contribution in [3.63, 3.8) is 0 Å². The summed E-state index contributed by atoms with van der Waals surface area (Å²) in [7, 11) is 0. The zero-order valence-corrected chi connectivity index (χ0v) is 18.2. The van der Waals surface area contributed by atoms with Crippen molar-refractivity contribution in [2.24, 2.45) is 0 Å². The highest BCUT2D eigenvalue weighted by atomic mass is 35.5. The van der Waals surface area contributed by atoms with Crippen molar-refractivity contribution >= 4 is 17.5 Å². The highest BCUT2D eigenvalue weighted by molar-refractivity contribution is 6.30. The first kappa shape index (κ1) is 21.8. The maximum atomic E-state index is 14.7. The summed E-state index contributed by atoms with van der Waals surface area (Å²) in [6, 6.07) is 22.0. The molecule has 1 heterocycles. The van der Waals surface area contributed by atoms with E-state index in [1.807, 2.05) is 30.3 Å². The first-order valence-corrected chi connectivity index (χ1v) is 10.6. The molecule has 6 heteroatoms. The Hall–Kier alpha value is -3.44. The largest absolute Gasteiger partial charge is 0.352 e. The minimum Gasteiger partial charge on any atom is -0.352 e. The fourth-order valence-corrected chi connectivity index (χ4v) is 3.83. The van der Waals surface area contributed by atoms with Crippen LogP contribution in [0.2, 0.25) is 5.02 Å². The maximum Gasteiger partial charge on any atom is 0.253 e. The first-order valence-electron chi connectivity index (χ1n) is 10.2. The van der Waals surface area contributed by atoms with Crippen molar-refractivity contribution in [2.75, 3.05) is 6.54 Å². The average Bonchev–Trinajstić information content (AvgIpc) is 3.12. The van der Waals surface area contributed by atoms with Gasteiger partial charge in [0.1, 0.15) is 11.6 Å². The molecule has 4 aromatic rings. The summed E-state index contributed by atoms with van der Waals surface area (Å²) in [5.41, 5.74) is 3.63. The van der Waals surface area contributed by atoms with Gasteiger partial charge >= 0.3 is 0 Å². The van der Waals surface area contributed by atoms with Crippen LogP contribution in [-0.4, -0.2) is 17.0 Å². The van der Waals surface area contributed by atoms with Crippen LogP contribution in [0, 0.1) is 18.6 Å². The van der Waals surface area contributed by atoms with E-state index in [2.05, 4.69) is 5.32 Å². The number of hydrogen-bond acceptors (Lipinski definition) is 1. The summed E-state index contributed by atoms with van der Waals surface area (Å²) >= 11 is 6.02. The molecule has 0 aliphatic heterocycles. The molecule has 1 aromatic heterocycles. The van der Waals surface area contributed by atoms with Gasteiger partial charge in [0, 0.05) is 23.3 Å². The molecule has 0 spiro atoms. The molecule has 1 amide bonds. The van der Waals surface area contributed by atoms with Gasteiger partial charge in [-0.15, -0.1) is 0 Å². The molecule has 3 aromatic carbocycles. The number of amides is 1. The number of rotatable bonds is 6. The Kier molecular flexibility index (Phi) is 6.37. The van der Waals surface area contributed by atoms with Crippen LogP contribution in [0.25, 0.3) is 16.9 Å². The van der Waals surface area contributed by atoms with Crippen LogP contribution >= 0.6 is 11.6 Å². The number of hydrogen-bond donors (Lipinski definition) is 1. The predicted molar refractivity (Wildman–Crippen MR) is 123 cm³/mol. The number of benzene rings is 3. The number of nitrogens with zero attached hydrogens (tertiary/aromatic N) is 1. The third-order valence-corrected chi connectivity index (χ3v) is 5.58. The topological polar surface area (TPSA) is 34.0 Å². The fourth-order valence-electron chi connectivity index (χ4n) is 3.70. The Morgan fingerprint density at radius 2 is 1.69 bits per heavy atom. The average molecular weight is 451 g/mol. The monoisotopic (exact) mass is 450 g/mol. The van der Waals surface area contributed by atoms with Gasteiger partial charge in [0.15, 0.2) is 0 Å². The SMILES string of the molecule is Cc1c(C(=O)NCCc2ccccc2)cc(-c2ccc(Cl)cc2)n1-c1ccc(F)cc1F. The molecular formula is C26H21ClF2N2O. The third kappa shape index (κ3) is 4.58. The summed E-state index contributed by atoms with van der Waals surface area (Å²) in [5, 5.41) is 3.50. The van der Waals surface area contributed by atoms with Crippen LogP contribution in [0.15, 0.2) is 78.9 Å². The quantitative estimate of drug-likeness (QED) is 0.364. The molecule has 0 saturated heterocycles. The fraction of sp³-hybridized carbons (Fsp3) is 0.115. The minimum absolute atomic E-state index is 0.164. The second-order valence-corrected chi connectivity index (χ2v) is 7.89. The van der Waals surface area contributed by atoms with Crippen LogP contribution in [-0.2, 0) is 6.42 Å². The van der Waals surface area contributed by atoms with Gasteiger partial charge in [0.2, 0.25) is 0 Å². The molecule has 4 rings (SSSR count). The van der Waals surface area contributed by atoms with Crippen LogP contribution in [0.1, 0.15) is 21.6 Å². The molecule has 0 radical (unpaired) electrons. The van der Waals surface area contributed by atoms with Crippen LogP contribution in [0.5, 0.6) is 0 Å². The third-order valence-electron chi connectivity index (χ3n) is 5.32. The van der Waals surface area contributed by atoms with Gasteiger partial charge in [-0.3, -0.25) is 4.79 Å². The number of carbonyl (C=O) groups excluding carboxylic acids is 1. The highest BCUT2D eigenvalue weighted by Gasteiger charge is 2.21. The van der Waals surface area contributed by atoms with Gasteiger partial charge in [0.05, 0.1) is 16.9 Å². The second-order valence-electron chi connectivity index (χ2n) is 7.46. The van der Waals surface area contributed by atoms with E-state index in [-0.39, 0.29) is 11.6 Å².